The molecule has 2 aromatic heterocycles. The van der Waals surface area contributed by atoms with Gasteiger partial charge in [-0.1, -0.05) is 17.7 Å². The largest absolute Gasteiger partial charge is 0.495 e. The number of benzene rings is 2. The molecule has 2 heterocycles. The van der Waals surface area contributed by atoms with E-state index in [1.54, 1.807) is 36.8 Å². The van der Waals surface area contributed by atoms with Crippen molar-refractivity contribution in [3.8, 4) is 17.2 Å². The first-order valence-electron chi connectivity index (χ1n) is 12.1. The Labute approximate surface area is 237 Å². The minimum Gasteiger partial charge on any atom is -0.495 e. The van der Waals surface area contributed by atoms with E-state index in [0.29, 0.717) is 39.9 Å². The van der Waals surface area contributed by atoms with Gasteiger partial charge in [-0.2, -0.15) is 0 Å². The molecule has 0 spiro atoms. The molecule has 0 unspecified atom stereocenters. The fraction of sp³-hybridized carbons (Fsp3) is 0.259. The number of thiophene rings is 1. The van der Waals surface area contributed by atoms with Gasteiger partial charge in [-0.3, -0.25) is 19.0 Å². The first kappa shape index (κ1) is 28.7. The van der Waals surface area contributed by atoms with E-state index < -0.39 is 36.2 Å². The summed E-state index contributed by atoms with van der Waals surface area (Å²) in [5, 5.41) is 7.45. The third-order valence-electron chi connectivity index (χ3n) is 6.06. The van der Waals surface area contributed by atoms with Crippen LogP contribution in [0, 0.1) is 0 Å². The topological polar surface area (TPSA) is 130 Å². The summed E-state index contributed by atoms with van der Waals surface area (Å²) >= 11 is 7.17. The number of anilines is 1. The molecule has 2 N–H and O–H groups in total. The molecule has 40 heavy (non-hydrogen) atoms. The SMILES string of the molecule is COc1ccc(Cl)cc1NC(=O)Cn1c(=O)n(CC(=O)NCCc2ccc(OC)c(OC)c2)c(=O)c2sccc21. The van der Waals surface area contributed by atoms with E-state index >= 15 is 0 Å². The Morgan fingerprint density at radius 1 is 0.875 bits per heavy atom. The molecule has 0 aliphatic heterocycles. The Morgan fingerprint density at radius 2 is 1.57 bits per heavy atom. The highest BCUT2D eigenvalue weighted by Gasteiger charge is 2.19. The van der Waals surface area contributed by atoms with Crippen LogP contribution in [0.2, 0.25) is 5.02 Å². The molecule has 0 saturated heterocycles. The summed E-state index contributed by atoms with van der Waals surface area (Å²) in [5.41, 5.74) is 0.160. The minimum absolute atomic E-state index is 0.255. The van der Waals surface area contributed by atoms with E-state index in [9.17, 15) is 19.2 Å². The van der Waals surface area contributed by atoms with Crippen LogP contribution in [0.15, 0.2) is 57.4 Å². The van der Waals surface area contributed by atoms with Gasteiger partial charge in [0.05, 0.1) is 32.5 Å². The van der Waals surface area contributed by atoms with Crippen LogP contribution in [0.4, 0.5) is 5.69 Å². The number of methoxy groups -OCH3 is 3. The first-order chi connectivity index (χ1) is 19.2. The molecule has 0 radical (unpaired) electrons. The molecule has 0 bridgehead atoms. The normalized spacial score (nSPS) is 10.8. The van der Waals surface area contributed by atoms with Crippen molar-refractivity contribution in [2.24, 2.45) is 0 Å². The third-order valence-corrected chi connectivity index (χ3v) is 7.19. The highest BCUT2D eigenvalue weighted by atomic mass is 35.5. The Morgan fingerprint density at radius 3 is 2.30 bits per heavy atom. The zero-order valence-electron chi connectivity index (χ0n) is 22.0. The Bertz CT molecular complexity index is 1680. The number of amides is 2. The minimum atomic E-state index is -0.779. The number of aromatic nitrogens is 2. The van der Waals surface area contributed by atoms with Crippen LogP contribution in [0.5, 0.6) is 17.2 Å². The number of hydrogen-bond acceptors (Lipinski definition) is 8. The van der Waals surface area contributed by atoms with E-state index in [0.717, 1.165) is 26.0 Å². The van der Waals surface area contributed by atoms with Crippen LogP contribution in [0.25, 0.3) is 10.2 Å². The van der Waals surface area contributed by atoms with Gasteiger partial charge in [-0.25, -0.2) is 9.36 Å². The second kappa shape index (κ2) is 12.7. The molecule has 13 heteroatoms. The summed E-state index contributed by atoms with van der Waals surface area (Å²) in [4.78, 5) is 52.0. The Hall–Kier alpha value is -4.29. The van der Waals surface area contributed by atoms with Gasteiger partial charge < -0.3 is 24.8 Å². The van der Waals surface area contributed by atoms with Crippen molar-refractivity contribution in [3.05, 3.63) is 79.3 Å². The summed E-state index contributed by atoms with van der Waals surface area (Å²) < 4.78 is 18.0. The molecular formula is C27H27ClN4O7S. The summed E-state index contributed by atoms with van der Waals surface area (Å²) in [6.45, 7) is -0.632. The van der Waals surface area contributed by atoms with E-state index in [-0.39, 0.29) is 11.2 Å². The zero-order chi connectivity index (χ0) is 28.8. The Balaban J connectivity index is 1.50. The van der Waals surface area contributed by atoms with Crippen molar-refractivity contribution in [2.75, 3.05) is 33.2 Å². The van der Waals surface area contributed by atoms with E-state index in [2.05, 4.69) is 10.6 Å². The fourth-order valence-electron chi connectivity index (χ4n) is 4.12. The molecule has 4 aromatic rings. The monoisotopic (exact) mass is 586 g/mol. The van der Waals surface area contributed by atoms with E-state index in [4.69, 9.17) is 25.8 Å². The number of fused-ring (bicyclic) bond motifs is 1. The second-order valence-electron chi connectivity index (χ2n) is 8.58. The van der Waals surface area contributed by atoms with Crippen molar-refractivity contribution in [3.63, 3.8) is 0 Å². The molecule has 2 amide bonds. The standard InChI is InChI=1S/C27H27ClN4O7S/c1-37-20-7-5-17(28)13-18(20)30-24(34)15-31-19-9-11-40-25(19)26(35)32(27(31)36)14-23(33)29-10-8-16-4-6-21(38-2)22(12-16)39-3/h4-7,9,11-13H,8,10,14-15H2,1-3H3,(H,29,33)(H,30,34). The molecule has 0 fully saturated rings. The molecule has 0 atom stereocenters. The van der Waals surface area contributed by atoms with Gasteiger partial charge in [0, 0.05) is 11.6 Å². The number of ether oxygens (including phenoxy) is 3. The average molecular weight is 587 g/mol. The van der Waals surface area contributed by atoms with Crippen molar-refractivity contribution >= 4 is 50.7 Å². The van der Waals surface area contributed by atoms with Gasteiger partial charge in [0.15, 0.2) is 11.5 Å². The van der Waals surface area contributed by atoms with E-state index in [1.165, 1.54) is 20.3 Å². The molecular weight excluding hydrogens is 560 g/mol. The van der Waals surface area contributed by atoms with Crippen molar-refractivity contribution < 1.29 is 23.8 Å². The predicted octanol–water partition coefficient (Wildman–Crippen LogP) is 2.90. The van der Waals surface area contributed by atoms with Crippen LogP contribution in [-0.2, 0) is 29.1 Å². The van der Waals surface area contributed by atoms with Gasteiger partial charge in [0.1, 0.15) is 23.5 Å². The molecule has 11 nitrogen and oxygen atoms in total. The molecule has 0 aliphatic rings. The number of nitrogens with zero attached hydrogens (tertiary/aromatic N) is 2. The van der Waals surface area contributed by atoms with Gasteiger partial charge >= 0.3 is 5.69 Å². The lowest BCUT2D eigenvalue weighted by Crippen LogP contribution is -2.44. The fourth-order valence-corrected chi connectivity index (χ4v) is 5.13. The van der Waals surface area contributed by atoms with Crippen molar-refractivity contribution in [1.29, 1.82) is 0 Å². The summed E-state index contributed by atoms with van der Waals surface area (Å²) in [6, 6.07) is 11.8. The lowest BCUT2D eigenvalue weighted by molar-refractivity contribution is -0.121. The average Bonchev–Trinajstić information content (AvgIpc) is 3.43. The number of carbonyl (C=O) groups is 2. The lowest BCUT2D eigenvalue weighted by atomic mass is 10.1. The molecule has 4 rings (SSSR count). The summed E-state index contributed by atoms with van der Waals surface area (Å²) in [7, 11) is 4.53. The van der Waals surface area contributed by atoms with Crippen LogP contribution in [0.1, 0.15) is 5.56 Å². The molecule has 0 aliphatic carbocycles. The quantitative estimate of drug-likeness (QED) is 0.276. The summed E-state index contributed by atoms with van der Waals surface area (Å²) in [6.07, 6.45) is 0.488. The van der Waals surface area contributed by atoms with Gasteiger partial charge in [0.25, 0.3) is 5.56 Å². The van der Waals surface area contributed by atoms with Crippen molar-refractivity contribution in [1.82, 2.24) is 14.5 Å². The zero-order valence-corrected chi connectivity index (χ0v) is 23.6. The highest BCUT2D eigenvalue weighted by Crippen LogP contribution is 2.28. The number of hydrogen-bond donors (Lipinski definition) is 2. The van der Waals surface area contributed by atoms with Gasteiger partial charge in [-0.05, 0) is 53.8 Å². The number of rotatable bonds is 11. The van der Waals surface area contributed by atoms with Crippen LogP contribution in [-0.4, -0.2) is 48.8 Å². The van der Waals surface area contributed by atoms with Crippen LogP contribution >= 0.6 is 22.9 Å². The first-order valence-corrected chi connectivity index (χ1v) is 13.3. The van der Waals surface area contributed by atoms with Gasteiger partial charge in [0.2, 0.25) is 11.8 Å². The van der Waals surface area contributed by atoms with Crippen molar-refractivity contribution in [2.45, 2.75) is 19.5 Å². The number of carbonyl (C=O) groups excluding carboxylic acids is 2. The second-order valence-corrected chi connectivity index (χ2v) is 9.93. The van der Waals surface area contributed by atoms with E-state index in [1.807, 2.05) is 12.1 Å². The van der Waals surface area contributed by atoms with Crippen LogP contribution < -0.4 is 36.1 Å². The highest BCUT2D eigenvalue weighted by molar-refractivity contribution is 7.17. The lowest BCUT2D eigenvalue weighted by Gasteiger charge is -2.14. The smallest absolute Gasteiger partial charge is 0.332 e. The predicted molar refractivity (Wildman–Crippen MR) is 153 cm³/mol. The maximum absolute atomic E-state index is 13.3. The third kappa shape index (κ3) is 6.29. The molecule has 2 aromatic carbocycles. The number of nitrogens with one attached hydrogen (secondary N) is 2. The maximum atomic E-state index is 13.3. The Kier molecular flexibility index (Phi) is 9.12. The molecule has 210 valence electrons. The van der Waals surface area contributed by atoms with Crippen LogP contribution in [0.3, 0.4) is 0 Å². The summed E-state index contributed by atoms with van der Waals surface area (Å²) in [5.74, 6) is 0.492. The maximum Gasteiger partial charge on any atom is 0.332 e. The molecule has 0 saturated carbocycles. The number of halogens is 1. The van der Waals surface area contributed by atoms with Gasteiger partial charge in [-0.15, -0.1) is 11.3 Å².